The normalized spacial score (nSPS) is 18.0. The summed E-state index contributed by atoms with van der Waals surface area (Å²) < 4.78 is 27.3. The molecule has 0 unspecified atom stereocenters. The van der Waals surface area contributed by atoms with E-state index < -0.39 is 10.0 Å². The van der Waals surface area contributed by atoms with Crippen LogP contribution >= 0.6 is 23.2 Å². The highest BCUT2D eigenvalue weighted by atomic mass is 35.5. The van der Waals surface area contributed by atoms with E-state index in [0.717, 1.165) is 25.7 Å². The van der Waals surface area contributed by atoms with E-state index in [4.69, 9.17) is 28.9 Å². The Balaban J connectivity index is 2.23. The van der Waals surface area contributed by atoms with Gasteiger partial charge in [-0.1, -0.05) is 36.0 Å². The van der Waals surface area contributed by atoms with Crippen LogP contribution in [0.2, 0.25) is 10.0 Å². The summed E-state index contributed by atoms with van der Waals surface area (Å²) in [6.45, 7) is 0.127. The van der Waals surface area contributed by atoms with E-state index in [-0.39, 0.29) is 33.5 Å². The Labute approximate surface area is 134 Å². The van der Waals surface area contributed by atoms with Gasteiger partial charge in [0.05, 0.1) is 10.0 Å². The van der Waals surface area contributed by atoms with Crippen molar-refractivity contribution in [2.24, 2.45) is 5.41 Å². The van der Waals surface area contributed by atoms with Gasteiger partial charge >= 0.3 is 0 Å². The number of halogens is 2. The second-order valence-electron chi connectivity index (χ2n) is 5.50. The Hall–Kier alpha value is -0.530. The predicted molar refractivity (Wildman–Crippen MR) is 84.0 cm³/mol. The maximum absolute atomic E-state index is 12.4. The molecule has 8 heteroatoms. The number of sulfonamides is 1. The molecule has 1 aliphatic rings. The highest BCUT2D eigenvalue weighted by Gasteiger charge is 2.35. The lowest BCUT2D eigenvalue weighted by Gasteiger charge is -2.26. The minimum absolute atomic E-state index is 0.0167. The molecule has 0 aromatic heterocycles. The van der Waals surface area contributed by atoms with Gasteiger partial charge in [0.25, 0.3) is 0 Å². The summed E-state index contributed by atoms with van der Waals surface area (Å²) in [5, 5.41) is 9.49. The minimum Gasteiger partial charge on any atom is -0.399 e. The summed E-state index contributed by atoms with van der Waals surface area (Å²) in [6.07, 6.45) is 3.59. The Kier molecular flexibility index (Phi) is 5.05. The summed E-state index contributed by atoms with van der Waals surface area (Å²) in [6, 6.07) is 2.69. The Bertz CT molecular complexity index is 605. The van der Waals surface area contributed by atoms with Crippen LogP contribution in [0, 0.1) is 5.41 Å². The van der Waals surface area contributed by atoms with Crippen LogP contribution < -0.4 is 10.5 Å². The zero-order valence-corrected chi connectivity index (χ0v) is 13.7. The molecule has 0 radical (unpaired) electrons. The van der Waals surface area contributed by atoms with E-state index in [2.05, 4.69) is 4.72 Å². The smallest absolute Gasteiger partial charge is 0.243 e. The van der Waals surface area contributed by atoms with E-state index in [1.54, 1.807) is 0 Å². The second kappa shape index (κ2) is 6.30. The SMILES string of the molecule is Nc1cc(Cl)c(S(=O)(=O)NCC2(CO)CCCC2)c(Cl)c1. The summed E-state index contributed by atoms with van der Waals surface area (Å²) in [7, 11) is -3.85. The van der Waals surface area contributed by atoms with Gasteiger partial charge in [-0.25, -0.2) is 13.1 Å². The summed E-state index contributed by atoms with van der Waals surface area (Å²) in [5.41, 5.74) is 5.48. The molecule has 1 saturated carbocycles. The Morgan fingerprint density at radius 1 is 1.24 bits per heavy atom. The third-order valence-electron chi connectivity index (χ3n) is 3.93. The van der Waals surface area contributed by atoms with E-state index in [1.165, 1.54) is 12.1 Å². The first-order valence-electron chi connectivity index (χ1n) is 6.65. The molecule has 0 spiro atoms. The molecule has 0 heterocycles. The van der Waals surface area contributed by atoms with E-state index >= 15 is 0 Å². The number of nitrogens with two attached hydrogens (primary N) is 1. The largest absolute Gasteiger partial charge is 0.399 e. The van der Waals surface area contributed by atoms with Crippen LogP contribution in [0.5, 0.6) is 0 Å². The standard InChI is InChI=1S/C13H18Cl2N2O3S/c14-10-5-9(16)6-11(15)12(10)21(19,20)17-7-13(8-18)3-1-2-4-13/h5-6,17-18H,1-4,7-8,16H2. The number of hydrogen-bond acceptors (Lipinski definition) is 4. The van der Waals surface area contributed by atoms with Crippen molar-refractivity contribution in [1.29, 1.82) is 0 Å². The van der Waals surface area contributed by atoms with Gasteiger partial charge in [0, 0.05) is 24.3 Å². The summed E-state index contributed by atoms with van der Waals surface area (Å²) in [4.78, 5) is -0.175. The fraction of sp³-hybridized carbons (Fsp3) is 0.538. The maximum Gasteiger partial charge on any atom is 0.243 e. The van der Waals surface area contributed by atoms with Gasteiger partial charge in [0.1, 0.15) is 4.90 Å². The number of aliphatic hydroxyl groups excluding tert-OH is 1. The molecule has 1 aliphatic carbocycles. The van der Waals surface area contributed by atoms with Crippen molar-refractivity contribution in [3.05, 3.63) is 22.2 Å². The molecule has 0 amide bonds. The first-order chi connectivity index (χ1) is 9.80. The number of aliphatic hydroxyl groups is 1. The number of hydrogen-bond donors (Lipinski definition) is 3. The van der Waals surface area contributed by atoms with Crippen LogP contribution in [0.1, 0.15) is 25.7 Å². The number of rotatable bonds is 5. The average molecular weight is 353 g/mol. The number of nitrogens with one attached hydrogen (secondary N) is 1. The van der Waals surface area contributed by atoms with Crippen LogP contribution in [-0.2, 0) is 10.0 Å². The van der Waals surface area contributed by atoms with Crippen molar-refractivity contribution < 1.29 is 13.5 Å². The monoisotopic (exact) mass is 352 g/mol. The summed E-state index contributed by atoms with van der Waals surface area (Å²) in [5.74, 6) is 0. The first-order valence-corrected chi connectivity index (χ1v) is 8.89. The number of benzene rings is 1. The Morgan fingerprint density at radius 2 is 1.76 bits per heavy atom. The molecular weight excluding hydrogens is 335 g/mol. The van der Waals surface area contributed by atoms with Gasteiger partial charge in [-0.3, -0.25) is 0 Å². The van der Waals surface area contributed by atoms with Crippen LogP contribution in [0.4, 0.5) is 5.69 Å². The lowest BCUT2D eigenvalue weighted by Crippen LogP contribution is -2.38. The molecule has 118 valence electrons. The molecule has 0 aliphatic heterocycles. The van der Waals surface area contributed by atoms with Crippen molar-refractivity contribution in [3.8, 4) is 0 Å². The Morgan fingerprint density at radius 3 is 2.24 bits per heavy atom. The lowest BCUT2D eigenvalue weighted by molar-refractivity contribution is 0.134. The van der Waals surface area contributed by atoms with Crippen LogP contribution in [0.25, 0.3) is 0 Å². The minimum atomic E-state index is -3.85. The fourth-order valence-corrected chi connectivity index (χ4v) is 5.06. The molecular formula is C13H18Cl2N2O3S. The van der Waals surface area contributed by atoms with E-state index in [1.807, 2.05) is 0 Å². The first kappa shape index (κ1) is 16.8. The van der Waals surface area contributed by atoms with Crippen molar-refractivity contribution in [1.82, 2.24) is 4.72 Å². The number of nitrogen functional groups attached to an aromatic ring is 1. The van der Waals surface area contributed by atoms with Crippen molar-refractivity contribution in [2.45, 2.75) is 30.6 Å². The predicted octanol–water partition coefficient (Wildman–Crippen LogP) is 2.41. The van der Waals surface area contributed by atoms with Crippen molar-refractivity contribution in [2.75, 3.05) is 18.9 Å². The third kappa shape index (κ3) is 3.63. The third-order valence-corrected chi connectivity index (χ3v) is 6.25. The molecule has 2 rings (SSSR count). The topological polar surface area (TPSA) is 92.4 Å². The zero-order chi connectivity index (χ0) is 15.7. The highest BCUT2D eigenvalue weighted by Crippen LogP contribution is 2.38. The highest BCUT2D eigenvalue weighted by molar-refractivity contribution is 7.89. The van der Waals surface area contributed by atoms with Gasteiger partial charge in [0.2, 0.25) is 10.0 Å². The quantitative estimate of drug-likeness (QED) is 0.709. The lowest BCUT2D eigenvalue weighted by atomic mass is 9.88. The molecule has 21 heavy (non-hydrogen) atoms. The van der Waals surface area contributed by atoms with Gasteiger partial charge < -0.3 is 10.8 Å². The molecule has 1 aromatic carbocycles. The zero-order valence-electron chi connectivity index (χ0n) is 11.4. The van der Waals surface area contributed by atoms with Crippen LogP contribution in [0.3, 0.4) is 0 Å². The van der Waals surface area contributed by atoms with Crippen molar-refractivity contribution >= 4 is 38.9 Å². The van der Waals surface area contributed by atoms with Crippen LogP contribution in [-0.4, -0.2) is 26.7 Å². The van der Waals surface area contributed by atoms with E-state index in [0.29, 0.717) is 5.69 Å². The van der Waals surface area contributed by atoms with Crippen LogP contribution in [0.15, 0.2) is 17.0 Å². The molecule has 1 aromatic rings. The number of anilines is 1. The molecule has 0 saturated heterocycles. The van der Waals surface area contributed by atoms with E-state index in [9.17, 15) is 13.5 Å². The molecule has 5 nitrogen and oxygen atoms in total. The van der Waals surface area contributed by atoms with Gasteiger partial charge in [-0.2, -0.15) is 0 Å². The molecule has 0 bridgehead atoms. The van der Waals surface area contributed by atoms with Crippen molar-refractivity contribution in [3.63, 3.8) is 0 Å². The fourth-order valence-electron chi connectivity index (χ4n) is 2.67. The molecule has 0 atom stereocenters. The maximum atomic E-state index is 12.4. The molecule has 4 N–H and O–H groups in total. The summed E-state index contributed by atoms with van der Waals surface area (Å²) >= 11 is 11.9. The average Bonchev–Trinajstić information content (AvgIpc) is 2.84. The van der Waals surface area contributed by atoms with Gasteiger partial charge in [-0.05, 0) is 25.0 Å². The van der Waals surface area contributed by atoms with Gasteiger partial charge in [0.15, 0.2) is 0 Å². The molecule has 1 fully saturated rings. The van der Waals surface area contributed by atoms with Gasteiger partial charge in [-0.15, -0.1) is 0 Å². The second-order valence-corrected chi connectivity index (χ2v) is 8.02.